The number of pyridine rings is 1. The van der Waals surface area contributed by atoms with E-state index in [1.807, 2.05) is 0 Å². The minimum Gasteiger partial charge on any atom is -0.477 e. The lowest BCUT2D eigenvalue weighted by Crippen LogP contribution is -2.31. The number of rotatable bonds is 3. The molecule has 0 atom stereocenters. The van der Waals surface area contributed by atoms with Crippen molar-refractivity contribution in [2.45, 2.75) is 45.1 Å². The van der Waals surface area contributed by atoms with E-state index >= 15 is 0 Å². The number of halogens is 2. The van der Waals surface area contributed by atoms with Gasteiger partial charge in [-0.25, -0.2) is 13.6 Å². The molecule has 25 heavy (non-hydrogen) atoms. The average molecular weight is 347 g/mol. The molecule has 0 fully saturated rings. The summed E-state index contributed by atoms with van der Waals surface area (Å²) in [5, 5.41) is 9.34. The number of aromatic carboxylic acids is 1. The van der Waals surface area contributed by atoms with Crippen LogP contribution in [0.2, 0.25) is 0 Å². The Morgan fingerprint density at radius 3 is 2.48 bits per heavy atom. The maximum Gasteiger partial charge on any atom is 0.341 e. The van der Waals surface area contributed by atoms with Crippen molar-refractivity contribution in [3.05, 3.63) is 68.6 Å². The number of nitrogens with zero attached hydrogens (tertiary/aromatic N) is 1. The minimum atomic E-state index is -1.29. The second kappa shape index (κ2) is 7.17. The number of aryl methyl sites for hydroxylation is 1. The summed E-state index contributed by atoms with van der Waals surface area (Å²) >= 11 is 0. The van der Waals surface area contributed by atoms with E-state index in [0.29, 0.717) is 12.8 Å². The highest BCUT2D eigenvalue weighted by molar-refractivity contribution is 5.87. The van der Waals surface area contributed by atoms with Crippen molar-refractivity contribution < 1.29 is 18.7 Å². The van der Waals surface area contributed by atoms with Gasteiger partial charge in [0.15, 0.2) is 0 Å². The molecule has 1 aromatic heterocycles. The third-order valence-electron chi connectivity index (χ3n) is 4.67. The fourth-order valence-electron chi connectivity index (χ4n) is 3.37. The Kier molecular flexibility index (Phi) is 4.97. The molecule has 132 valence electrons. The SMILES string of the molecule is O=C(O)c1cc2c(n(Cc3ccc(F)cc3F)c1=O)CCCCCC2. The van der Waals surface area contributed by atoms with Gasteiger partial charge in [0.2, 0.25) is 0 Å². The van der Waals surface area contributed by atoms with E-state index in [2.05, 4.69) is 0 Å². The molecule has 6 heteroatoms. The topological polar surface area (TPSA) is 59.3 Å². The van der Waals surface area contributed by atoms with E-state index in [9.17, 15) is 23.5 Å². The van der Waals surface area contributed by atoms with Crippen LogP contribution in [0.1, 0.15) is 52.9 Å². The summed E-state index contributed by atoms with van der Waals surface area (Å²) in [5.74, 6) is -2.72. The van der Waals surface area contributed by atoms with E-state index < -0.39 is 23.2 Å². The van der Waals surface area contributed by atoms with Crippen LogP contribution in [0.15, 0.2) is 29.1 Å². The molecule has 0 radical (unpaired) electrons. The molecule has 1 N–H and O–H groups in total. The van der Waals surface area contributed by atoms with Crippen molar-refractivity contribution in [2.75, 3.05) is 0 Å². The zero-order valence-electron chi connectivity index (χ0n) is 13.7. The van der Waals surface area contributed by atoms with Crippen molar-refractivity contribution in [2.24, 2.45) is 0 Å². The molecule has 0 spiro atoms. The predicted molar refractivity (Wildman–Crippen MR) is 89.0 cm³/mol. The van der Waals surface area contributed by atoms with Crippen LogP contribution in [0.4, 0.5) is 8.78 Å². The van der Waals surface area contributed by atoms with Gasteiger partial charge < -0.3 is 9.67 Å². The van der Waals surface area contributed by atoms with Crippen molar-refractivity contribution in [1.82, 2.24) is 4.57 Å². The van der Waals surface area contributed by atoms with Crippen molar-refractivity contribution in [3.63, 3.8) is 0 Å². The van der Waals surface area contributed by atoms with Crippen LogP contribution in [-0.2, 0) is 19.4 Å². The number of hydrogen-bond donors (Lipinski definition) is 1. The second-order valence-electron chi connectivity index (χ2n) is 6.38. The molecule has 0 aliphatic heterocycles. The van der Waals surface area contributed by atoms with Crippen LogP contribution in [-0.4, -0.2) is 15.6 Å². The van der Waals surface area contributed by atoms with E-state index in [4.69, 9.17) is 0 Å². The lowest BCUT2D eigenvalue weighted by Gasteiger charge is -2.20. The number of carboxylic acid groups (broad SMARTS) is 1. The van der Waals surface area contributed by atoms with Gasteiger partial charge >= 0.3 is 5.97 Å². The summed E-state index contributed by atoms with van der Waals surface area (Å²) < 4.78 is 28.5. The summed E-state index contributed by atoms with van der Waals surface area (Å²) in [6, 6.07) is 4.65. The van der Waals surface area contributed by atoms with Crippen LogP contribution in [0, 0.1) is 11.6 Å². The van der Waals surface area contributed by atoms with E-state index in [0.717, 1.165) is 49.1 Å². The molecule has 1 heterocycles. The van der Waals surface area contributed by atoms with Crippen LogP contribution in [0.25, 0.3) is 0 Å². The Balaban J connectivity index is 2.15. The maximum absolute atomic E-state index is 14.0. The Labute approximate surface area is 143 Å². The summed E-state index contributed by atoms with van der Waals surface area (Å²) in [4.78, 5) is 24.1. The van der Waals surface area contributed by atoms with Gasteiger partial charge in [0, 0.05) is 17.3 Å². The zero-order chi connectivity index (χ0) is 18.0. The molecule has 4 nitrogen and oxygen atoms in total. The predicted octanol–water partition coefficient (Wildman–Crippen LogP) is 3.53. The molecule has 2 aromatic rings. The quantitative estimate of drug-likeness (QED) is 0.924. The first kappa shape index (κ1) is 17.3. The third-order valence-corrected chi connectivity index (χ3v) is 4.67. The molecule has 0 amide bonds. The second-order valence-corrected chi connectivity index (χ2v) is 6.38. The highest BCUT2D eigenvalue weighted by Crippen LogP contribution is 2.21. The van der Waals surface area contributed by atoms with Gasteiger partial charge in [0.25, 0.3) is 5.56 Å². The van der Waals surface area contributed by atoms with Crippen LogP contribution < -0.4 is 5.56 Å². The van der Waals surface area contributed by atoms with E-state index in [-0.39, 0.29) is 17.7 Å². The third kappa shape index (κ3) is 3.62. The van der Waals surface area contributed by atoms with E-state index in [1.165, 1.54) is 16.7 Å². The molecule has 3 rings (SSSR count). The number of hydrogen-bond acceptors (Lipinski definition) is 2. The fourth-order valence-corrected chi connectivity index (χ4v) is 3.37. The van der Waals surface area contributed by atoms with Crippen LogP contribution >= 0.6 is 0 Å². The first-order valence-electron chi connectivity index (χ1n) is 8.40. The van der Waals surface area contributed by atoms with Crippen LogP contribution in [0.5, 0.6) is 0 Å². The molecule has 1 aromatic carbocycles. The number of carboxylic acids is 1. The van der Waals surface area contributed by atoms with Gasteiger partial charge in [-0.1, -0.05) is 18.9 Å². The normalized spacial score (nSPS) is 14.5. The molecule has 0 unspecified atom stereocenters. The first-order valence-corrected chi connectivity index (χ1v) is 8.40. The summed E-state index contributed by atoms with van der Waals surface area (Å²) in [6.07, 6.45) is 5.27. The Morgan fingerprint density at radius 2 is 1.80 bits per heavy atom. The van der Waals surface area contributed by atoms with Crippen molar-refractivity contribution >= 4 is 5.97 Å². The highest BCUT2D eigenvalue weighted by Gasteiger charge is 2.20. The first-order chi connectivity index (χ1) is 12.0. The summed E-state index contributed by atoms with van der Waals surface area (Å²) in [6.45, 7) is -0.103. The van der Waals surface area contributed by atoms with Gasteiger partial charge in [-0.3, -0.25) is 4.79 Å². The van der Waals surface area contributed by atoms with Gasteiger partial charge in [-0.2, -0.15) is 0 Å². The number of carbonyl (C=O) groups is 1. The number of aromatic nitrogens is 1. The van der Waals surface area contributed by atoms with Crippen molar-refractivity contribution in [3.8, 4) is 0 Å². The molecule has 0 bridgehead atoms. The van der Waals surface area contributed by atoms with E-state index in [1.54, 1.807) is 0 Å². The molecule has 1 aliphatic rings. The van der Waals surface area contributed by atoms with Crippen molar-refractivity contribution in [1.29, 1.82) is 0 Å². The van der Waals surface area contributed by atoms with Gasteiger partial charge in [0.1, 0.15) is 17.2 Å². The Bertz CT molecular complexity index is 874. The van der Waals surface area contributed by atoms with Crippen LogP contribution in [0.3, 0.4) is 0 Å². The molecular weight excluding hydrogens is 328 g/mol. The number of benzene rings is 1. The number of fused-ring (bicyclic) bond motifs is 1. The summed E-state index contributed by atoms with van der Waals surface area (Å²) in [7, 11) is 0. The molecular formula is C19H19F2NO3. The molecule has 1 aliphatic carbocycles. The smallest absolute Gasteiger partial charge is 0.341 e. The molecule has 0 saturated heterocycles. The van der Waals surface area contributed by atoms with Gasteiger partial charge in [-0.05, 0) is 43.4 Å². The maximum atomic E-state index is 14.0. The highest BCUT2D eigenvalue weighted by atomic mass is 19.1. The summed E-state index contributed by atoms with van der Waals surface area (Å²) in [5.41, 5.74) is 0.810. The lowest BCUT2D eigenvalue weighted by atomic mass is 9.95. The fraction of sp³-hybridized carbons (Fsp3) is 0.368. The van der Waals surface area contributed by atoms with Gasteiger partial charge in [0.05, 0.1) is 6.54 Å². The van der Waals surface area contributed by atoms with Gasteiger partial charge in [-0.15, -0.1) is 0 Å². The zero-order valence-corrected chi connectivity index (χ0v) is 13.7. The minimum absolute atomic E-state index is 0.103. The Morgan fingerprint density at radius 1 is 1.08 bits per heavy atom. The molecule has 0 saturated carbocycles. The standard InChI is InChI=1S/C19H19F2NO3/c20-14-8-7-13(16(21)10-14)11-22-17-6-4-2-1-3-5-12(17)9-15(18(22)23)19(24)25/h7-10H,1-6,11H2,(H,24,25). The Hall–Kier alpha value is -2.50. The lowest BCUT2D eigenvalue weighted by molar-refractivity contribution is 0.0694. The average Bonchev–Trinajstić information content (AvgIpc) is 2.53. The monoisotopic (exact) mass is 347 g/mol. The largest absolute Gasteiger partial charge is 0.477 e.